The summed E-state index contributed by atoms with van der Waals surface area (Å²) in [6.45, 7) is 4.15. The average molecular weight is 277 g/mol. The van der Waals surface area contributed by atoms with Crippen LogP contribution in [0.15, 0.2) is 24.3 Å². The Morgan fingerprint density at radius 1 is 1.40 bits per heavy atom. The number of aromatic nitrogens is 2. The number of hydrogen-bond acceptors (Lipinski definition) is 3. The molecule has 108 valence electrons. The van der Waals surface area contributed by atoms with Crippen molar-refractivity contribution in [2.24, 2.45) is 12.8 Å². The van der Waals surface area contributed by atoms with Crippen LogP contribution in [0.2, 0.25) is 0 Å². The molecule has 0 unspecified atom stereocenters. The van der Waals surface area contributed by atoms with Crippen LogP contribution in [0.25, 0.3) is 0 Å². The highest BCUT2D eigenvalue weighted by Gasteiger charge is 2.09. The van der Waals surface area contributed by atoms with Gasteiger partial charge in [-0.05, 0) is 37.1 Å². The maximum absolute atomic E-state index is 13.9. The lowest BCUT2D eigenvalue weighted by Gasteiger charge is -2.10. The summed E-state index contributed by atoms with van der Waals surface area (Å²) in [5.74, 6) is -0.161. The number of rotatable bonds is 5. The normalized spacial score (nSPS) is 12.4. The Hall–Kier alpha value is -1.88. The molecule has 2 N–H and O–H groups in total. The second-order valence-corrected chi connectivity index (χ2v) is 4.87. The highest BCUT2D eigenvalue weighted by molar-refractivity contribution is 5.31. The quantitative estimate of drug-likeness (QED) is 0.914. The second-order valence-electron chi connectivity index (χ2n) is 4.87. The van der Waals surface area contributed by atoms with Crippen LogP contribution in [0.1, 0.15) is 36.8 Å². The molecule has 4 nitrogen and oxygen atoms in total. The van der Waals surface area contributed by atoms with Crippen molar-refractivity contribution < 1.29 is 9.13 Å². The van der Waals surface area contributed by atoms with E-state index < -0.39 is 5.82 Å². The molecular formula is C15H20FN3O. The second kappa shape index (κ2) is 6.05. The zero-order valence-electron chi connectivity index (χ0n) is 12.1. The predicted molar refractivity (Wildman–Crippen MR) is 75.9 cm³/mol. The van der Waals surface area contributed by atoms with E-state index >= 15 is 0 Å². The van der Waals surface area contributed by atoms with Gasteiger partial charge in [0.15, 0.2) is 11.6 Å². The van der Waals surface area contributed by atoms with Gasteiger partial charge < -0.3 is 10.5 Å². The van der Waals surface area contributed by atoms with Crippen LogP contribution < -0.4 is 10.5 Å². The third-order valence-corrected chi connectivity index (χ3v) is 3.25. The minimum Gasteiger partial charge on any atom is -0.484 e. The predicted octanol–water partition coefficient (Wildman–Crippen LogP) is 2.72. The molecule has 1 aromatic carbocycles. The highest BCUT2D eigenvalue weighted by atomic mass is 19.1. The molecule has 0 bridgehead atoms. The van der Waals surface area contributed by atoms with Gasteiger partial charge in [-0.2, -0.15) is 5.10 Å². The fraction of sp³-hybridized carbons (Fsp3) is 0.400. The number of nitrogens with zero attached hydrogens (tertiary/aromatic N) is 2. The summed E-state index contributed by atoms with van der Waals surface area (Å²) in [6.07, 6.45) is 0.866. The van der Waals surface area contributed by atoms with Crippen molar-refractivity contribution in [2.45, 2.75) is 32.9 Å². The van der Waals surface area contributed by atoms with Crippen molar-refractivity contribution in [3.8, 4) is 5.75 Å². The van der Waals surface area contributed by atoms with E-state index in [1.165, 1.54) is 6.07 Å². The van der Waals surface area contributed by atoms with Gasteiger partial charge in [0.05, 0.1) is 11.4 Å². The lowest BCUT2D eigenvalue weighted by Crippen LogP contribution is -2.07. The van der Waals surface area contributed by atoms with Crippen LogP contribution >= 0.6 is 0 Å². The first-order valence-corrected chi connectivity index (χ1v) is 6.71. The molecule has 0 radical (unpaired) electrons. The molecule has 0 aliphatic rings. The fourth-order valence-corrected chi connectivity index (χ4v) is 1.95. The molecule has 0 aliphatic carbocycles. The van der Waals surface area contributed by atoms with Crippen LogP contribution in [0.4, 0.5) is 4.39 Å². The molecule has 2 rings (SSSR count). The van der Waals surface area contributed by atoms with Gasteiger partial charge in [-0.25, -0.2) is 4.39 Å². The van der Waals surface area contributed by atoms with Crippen LogP contribution in [-0.2, 0) is 20.1 Å². The lowest BCUT2D eigenvalue weighted by molar-refractivity contribution is 0.280. The van der Waals surface area contributed by atoms with E-state index in [1.807, 2.05) is 27.0 Å². The van der Waals surface area contributed by atoms with E-state index in [-0.39, 0.29) is 18.4 Å². The van der Waals surface area contributed by atoms with Crippen LogP contribution in [0, 0.1) is 5.82 Å². The summed E-state index contributed by atoms with van der Waals surface area (Å²) in [7, 11) is 1.85. The summed E-state index contributed by atoms with van der Waals surface area (Å²) >= 11 is 0. The average Bonchev–Trinajstić information content (AvgIpc) is 2.78. The Morgan fingerprint density at radius 2 is 2.15 bits per heavy atom. The van der Waals surface area contributed by atoms with E-state index in [4.69, 9.17) is 10.5 Å². The Kier molecular flexibility index (Phi) is 4.39. The van der Waals surface area contributed by atoms with Gasteiger partial charge in [-0.3, -0.25) is 4.68 Å². The molecule has 1 aromatic heterocycles. The van der Waals surface area contributed by atoms with Crippen molar-refractivity contribution in [1.29, 1.82) is 0 Å². The fourth-order valence-electron chi connectivity index (χ4n) is 1.95. The van der Waals surface area contributed by atoms with E-state index in [1.54, 1.807) is 16.8 Å². The smallest absolute Gasteiger partial charge is 0.165 e. The number of benzene rings is 1. The number of aryl methyl sites for hydroxylation is 2. The van der Waals surface area contributed by atoms with Gasteiger partial charge >= 0.3 is 0 Å². The van der Waals surface area contributed by atoms with Crippen molar-refractivity contribution in [1.82, 2.24) is 9.78 Å². The summed E-state index contributed by atoms with van der Waals surface area (Å²) in [5, 5.41) is 4.33. The van der Waals surface area contributed by atoms with Crippen LogP contribution in [0.5, 0.6) is 5.75 Å². The van der Waals surface area contributed by atoms with Gasteiger partial charge in [-0.1, -0.05) is 13.0 Å². The summed E-state index contributed by atoms with van der Waals surface area (Å²) in [4.78, 5) is 0. The van der Waals surface area contributed by atoms with Crippen molar-refractivity contribution in [3.05, 3.63) is 47.0 Å². The molecular weight excluding hydrogens is 257 g/mol. The molecule has 0 saturated heterocycles. The monoisotopic (exact) mass is 277 g/mol. The van der Waals surface area contributed by atoms with Gasteiger partial charge in [0.2, 0.25) is 0 Å². The molecule has 1 atom stereocenters. The maximum atomic E-state index is 13.9. The third-order valence-electron chi connectivity index (χ3n) is 3.25. The zero-order chi connectivity index (χ0) is 14.7. The van der Waals surface area contributed by atoms with E-state index in [9.17, 15) is 4.39 Å². The standard InChI is InChI=1S/C15H20FN3O/c1-4-12-8-13(19(3)18-12)9-20-15-6-5-11(10(2)17)7-14(15)16/h5-8,10H,4,9,17H2,1-3H3/t10-/m1/s1. The van der Waals surface area contributed by atoms with Crippen LogP contribution in [0.3, 0.4) is 0 Å². The van der Waals surface area contributed by atoms with Gasteiger partial charge in [0.1, 0.15) is 6.61 Å². The number of halogens is 1. The van der Waals surface area contributed by atoms with Gasteiger partial charge in [-0.15, -0.1) is 0 Å². The van der Waals surface area contributed by atoms with Crippen molar-refractivity contribution in [3.63, 3.8) is 0 Å². The van der Waals surface area contributed by atoms with Gasteiger partial charge in [0, 0.05) is 13.1 Å². The molecule has 0 fully saturated rings. The third kappa shape index (κ3) is 3.17. The Balaban J connectivity index is 2.08. The van der Waals surface area contributed by atoms with E-state index in [2.05, 4.69) is 5.10 Å². The van der Waals surface area contributed by atoms with Crippen molar-refractivity contribution in [2.75, 3.05) is 0 Å². The number of ether oxygens (including phenoxy) is 1. The highest BCUT2D eigenvalue weighted by Crippen LogP contribution is 2.22. The molecule has 2 aromatic rings. The first kappa shape index (κ1) is 14.5. The largest absolute Gasteiger partial charge is 0.484 e. The van der Waals surface area contributed by atoms with Gasteiger partial charge in [0.25, 0.3) is 0 Å². The Bertz CT molecular complexity index is 593. The van der Waals surface area contributed by atoms with E-state index in [0.717, 1.165) is 23.4 Å². The first-order valence-electron chi connectivity index (χ1n) is 6.71. The summed E-state index contributed by atoms with van der Waals surface area (Å²) in [5.41, 5.74) is 8.38. The van der Waals surface area contributed by atoms with Crippen molar-refractivity contribution >= 4 is 0 Å². The lowest BCUT2D eigenvalue weighted by atomic mass is 10.1. The molecule has 0 amide bonds. The molecule has 20 heavy (non-hydrogen) atoms. The minimum atomic E-state index is -0.391. The molecule has 0 saturated carbocycles. The van der Waals surface area contributed by atoms with Crippen LogP contribution in [-0.4, -0.2) is 9.78 Å². The maximum Gasteiger partial charge on any atom is 0.165 e. The topological polar surface area (TPSA) is 53.1 Å². The Morgan fingerprint density at radius 3 is 2.70 bits per heavy atom. The number of nitrogens with two attached hydrogens (primary N) is 1. The number of hydrogen-bond donors (Lipinski definition) is 1. The molecule has 1 heterocycles. The SMILES string of the molecule is CCc1cc(COc2ccc([C@@H](C)N)cc2F)n(C)n1. The minimum absolute atomic E-state index is 0.192. The zero-order valence-corrected chi connectivity index (χ0v) is 12.1. The van der Waals surface area contributed by atoms with E-state index in [0.29, 0.717) is 0 Å². The first-order chi connectivity index (χ1) is 9.51. The molecule has 5 heteroatoms. The Labute approximate surface area is 118 Å². The molecule has 0 spiro atoms. The molecule has 0 aliphatic heterocycles. The summed E-state index contributed by atoms with van der Waals surface area (Å²) < 4.78 is 21.2. The summed E-state index contributed by atoms with van der Waals surface area (Å²) in [6, 6.07) is 6.59.